The van der Waals surface area contributed by atoms with Crippen LogP contribution in [0.25, 0.3) is 16.8 Å². The van der Waals surface area contributed by atoms with Gasteiger partial charge < -0.3 is 25.0 Å². The largest absolute Gasteiger partial charge is 0.354 e. The lowest BCUT2D eigenvalue weighted by atomic mass is 9.94. The van der Waals surface area contributed by atoms with Gasteiger partial charge in [0.25, 0.3) is 5.91 Å². The number of alkyl halides is 1. The summed E-state index contributed by atoms with van der Waals surface area (Å²) in [5.74, 6) is 0.128. The van der Waals surface area contributed by atoms with Gasteiger partial charge in [0, 0.05) is 82.4 Å². The van der Waals surface area contributed by atoms with Gasteiger partial charge in [0.05, 0.1) is 23.6 Å². The predicted octanol–water partition coefficient (Wildman–Crippen LogP) is 5.70. The number of hydrogen-bond donors (Lipinski definition) is 2. The molecule has 1 saturated heterocycles. The van der Waals surface area contributed by atoms with Gasteiger partial charge in [-0.1, -0.05) is 30.8 Å². The Kier molecular flexibility index (Phi) is 9.04. The molecule has 11 heteroatoms. The monoisotopic (exact) mass is 676 g/mol. The fraction of sp³-hybridized carbons (Fsp3) is 0.385. The molecule has 2 amide bonds. The molecule has 2 atom stereocenters. The zero-order valence-electron chi connectivity index (χ0n) is 29.5. The summed E-state index contributed by atoms with van der Waals surface area (Å²) in [5, 5.41) is 6.62. The highest BCUT2D eigenvalue weighted by atomic mass is 19.1. The summed E-state index contributed by atoms with van der Waals surface area (Å²) in [7, 11) is 3.99. The first-order chi connectivity index (χ1) is 24.0. The van der Waals surface area contributed by atoms with Crippen LogP contribution in [0.5, 0.6) is 0 Å². The Hall–Kier alpha value is -4.87. The molecule has 2 aromatic carbocycles. The van der Waals surface area contributed by atoms with Crippen LogP contribution in [-0.4, -0.2) is 79.9 Å². The Morgan fingerprint density at radius 1 is 0.940 bits per heavy atom. The van der Waals surface area contributed by atoms with Gasteiger partial charge in [-0.25, -0.2) is 9.37 Å². The van der Waals surface area contributed by atoms with Gasteiger partial charge in [0.1, 0.15) is 6.17 Å². The van der Waals surface area contributed by atoms with Crippen LogP contribution >= 0.6 is 0 Å². The minimum atomic E-state index is -1.07. The molecule has 0 radical (unpaired) electrons. The van der Waals surface area contributed by atoms with Crippen molar-refractivity contribution < 1.29 is 14.0 Å². The number of hydrogen-bond acceptors (Lipinski definition) is 7. The van der Waals surface area contributed by atoms with Crippen molar-refractivity contribution in [2.75, 3.05) is 37.3 Å². The maximum absolute atomic E-state index is 15.1. The van der Waals surface area contributed by atoms with E-state index >= 15 is 4.39 Å². The zero-order valence-corrected chi connectivity index (χ0v) is 29.5. The molecule has 260 valence electrons. The van der Waals surface area contributed by atoms with E-state index in [1.807, 2.05) is 55.1 Å². The van der Waals surface area contributed by atoms with Crippen LogP contribution in [0.15, 0.2) is 55.2 Å². The van der Waals surface area contributed by atoms with Gasteiger partial charge in [-0.05, 0) is 78.9 Å². The summed E-state index contributed by atoms with van der Waals surface area (Å²) < 4.78 is 17.0. The highest BCUT2D eigenvalue weighted by Crippen LogP contribution is 2.36. The number of anilines is 2. The van der Waals surface area contributed by atoms with Crippen LogP contribution in [0.4, 0.5) is 15.8 Å². The van der Waals surface area contributed by atoms with Crippen LogP contribution in [0.1, 0.15) is 63.3 Å². The molecule has 3 aliphatic rings. The lowest BCUT2D eigenvalue weighted by Gasteiger charge is -2.38. The summed E-state index contributed by atoms with van der Waals surface area (Å²) in [5.41, 5.74) is 11.4. The summed E-state index contributed by atoms with van der Waals surface area (Å²) in [4.78, 5) is 40.6. The van der Waals surface area contributed by atoms with Crippen LogP contribution in [0.2, 0.25) is 0 Å². The molecule has 0 spiro atoms. The zero-order chi connectivity index (χ0) is 35.3. The van der Waals surface area contributed by atoms with Crippen molar-refractivity contribution in [3.8, 4) is 11.1 Å². The van der Waals surface area contributed by atoms with Crippen LogP contribution in [0, 0.1) is 13.8 Å². The Morgan fingerprint density at radius 2 is 1.62 bits per heavy atom. The molecule has 7 rings (SSSR count). The number of amides is 2. The molecule has 10 nitrogen and oxygen atoms in total. The molecule has 5 heterocycles. The lowest BCUT2D eigenvalue weighted by molar-refractivity contribution is -0.132. The molecular formula is C39H45FN8O2. The fourth-order valence-corrected chi connectivity index (χ4v) is 7.69. The number of benzene rings is 2. The number of imidazole rings is 1. The molecular weight excluding hydrogens is 631 g/mol. The number of likely N-dealkylation sites (N-methyl/N-ethyl adjacent to an activating group) is 1. The minimum Gasteiger partial charge on any atom is -0.354 e. The Bertz CT molecular complexity index is 2000. The number of carbonyl (C=O) groups is 2. The third-order valence-electron chi connectivity index (χ3n) is 10.7. The second kappa shape index (κ2) is 13.4. The van der Waals surface area contributed by atoms with Crippen molar-refractivity contribution in [1.29, 1.82) is 0 Å². The first kappa shape index (κ1) is 33.6. The first-order valence-electron chi connectivity index (χ1n) is 17.3. The van der Waals surface area contributed by atoms with E-state index in [-0.39, 0.29) is 24.4 Å². The molecule has 2 aromatic heterocycles. The second-order valence-corrected chi connectivity index (χ2v) is 14.0. The van der Waals surface area contributed by atoms with Crippen molar-refractivity contribution in [1.82, 2.24) is 29.2 Å². The molecule has 3 aliphatic heterocycles. The summed E-state index contributed by atoms with van der Waals surface area (Å²) >= 11 is 0. The second-order valence-electron chi connectivity index (χ2n) is 14.0. The standard InChI is InChI=1S/C39H45FN8O2/c1-23-29(30-10-8-12-33(24(30)2)44-39(50)38-43-35-22-45(5)15-13-37(35)46(38)6)9-7-11-32(23)42-25(3)34-17-27-19-48(20-28(27)18-41-34)36-14-16-47(26(4)49)21-31(36)40/h7-12,17-18,31,36,42H,3,13-16,19-22H2,1-2,4-6H3,(H,44,50). The number of rotatable bonds is 7. The number of fused-ring (bicyclic) bond motifs is 2. The molecule has 1 fully saturated rings. The molecule has 0 saturated carbocycles. The summed E-state index contributed by atoms with van der Waals surface area (Å²) in [6.45, 7) is 13.6. The van der Waals surface area contributed by atoms with Crippen molar-refractivity contribution in [3.63, 3.8) is 0 Å². The maximum atomic E-state index is 15.1. The van der Waals surface area contributed by atoms with E-state index < -0.39 is 6.17 Å². The number of carbonyl (C=O) groups excluding carboxylic acids is 2. The van der Waals surface area contributed by atoms with Gasteiger partial charge in [-0.15, -0.1) is 0 Å². The van der Waals surface area contributed by atoms with Crippen LogP contribution in [-0.2, 0) is 37.9 Å². The number of nitrogens with zero attached hydrogens (tertiary/aromatic N) is 6. The first-order valence-corrected chi connectivity index (χ1v) is 17.3. The van der Waals surface area contributed by atoms with Crippen molar-refractivity contribution in [2.24, 2.45) is 7.05 Å². The number of piperidine rings is 1. The number of pyridine rings is 1. The lowest BCUT2D eigenvalue weighted by Crippen LogP contribution is -2.52. The minimum absolute atomic E-state index is 0.0729. The number of halogens is 1. The van der Waals surface area contributed by atoms with Gasteiger partial charge in [-0.3, -0.25) is 19.5 Å². The van der Waals surface area contributed by atoms with E-state index in [2.05, 4.69) is 53.1 Å². The summed E-state index contributed by atoms with van der Waals surface area (Å²) in [6.07, 6.45) is 2.30. The van der Waals surface area contributed by atoms with Gasteiger partial charge >= 0.3 is 0 Å². The Balaban J connectivity index is 1.05. The molecule has 4 aromatic rings. The van der Waals surface area contributed by atoms with E-state index in [0.29, 0.717) is 37.6 Å². The van der Waals surface area contributed by atoms with Gasteiger partial charge in [0.15, 0.2) is 5.82 Å². The number of likely N-dealkylation sites (tertiary alicyclic amines) is 1. The van der Waals surface area contributed by atoms with Crippen molar-refractivity contribution in [3.05, 3.63) is 100 Å². The van der Waals surface area contributed by atoms with Gasteiger partial charge in [0.2, 0.25) is 5.91 Å². The normalized spacial score (nSPS) is 19.2. The predicted molar refractivity (Wildman–Crippen MR) is 194 cm³/mol. The molecule has 50 heavy (non-hydrogen) atoms. The molecule has 0 bridgehead atoms. The molecule has 2 unspecified atom stereocenters. The van der Waals surface area contributed by atoms with E-state index in [9.17, 15) is 9.59 Å². The van der Waals surface area contributed by atoms with Crippen LogP contribution in [0.3, 0.4) is 0 Å². The highest BCUT2D eigenvalue weighted by molar-refractivity contribution is 6.03. The van der Waals surface area contributed by atoms with Crippen molar-refractivity contribution in [2.45, 2.75) is 65.5 Å². The highest BCUT2D eigenvalue weighted by Gasteiger charge is 2.37. The molecule has 2 N–H and O–H groups in total. The Labute approximate surface area is 293 Å². The SMILES string of the molecule is C=C(Nc1cccc(-c2cccc(NC(=O)c3nc4c(n3C)CCN(C)C4)c2C)c1C)c1cc2c(cn1)CN(C1CCN(C(C)=O)CC1F)C2. The summed E-state index contributed by atoms with van der Waals surface area (Å²) in [6, 6.07) is 13.9. The topological polar surface area (TPSA) is 98.6 Å². The average molecular weight is 677 g/mol. The van der Waals surface area contributed by atoms with Crippen LogP contribution < -0.4 is 10.6 Å². The van der Waals surface area contributed by atoms with Gasteiger partial charge in [-0.2, -0.15) is 0 Å². The van der Waals surface area contributed by atoms with E-state index in [1.165, 1.54) is 6.92 Å². The van der Waals surface area contributed by atoms with Crippen molar-refractivity contribution >= 4 is 28.9 Å². The fourth-order valence-electron chi connectivity index (χ4n) is 7.69. The number of aromatic nitrogens is 3. The van der Waals surface area contributed by atoms with E-state index in [4.69, 9.17) is 9.97 Å². The third-order valence-corrected chi connectivity index (χ3v) is 10.7. The average Bonchev–Trinajstić information content (AvgIpc) is 3.66. The van der Waals surface area contributed by atoms with E-state index in [1.54, 1.807) is 4.90 Å². The Morgan fingerprint density at radius 3 is 2.30 bits per heavy atom. The molecule has 0 aliphatic carbocycles. The number of nitrogens with one attached hydrogen (secondary N) is 2. The maximum Gasteiger partial charge on any atom is 0.291 e. The third kappa shape index (κ3) is 6.31. The smallest absolute Gasteiger partial charge is 0.291 e. The van der Waals surface area contributed by atoms with E-state index in [0.717, 1.165) is 81.3 Å². The quantitative estimate of drug-likeness (QED) is 0.259.